The Labute approximate surface area is 141 Å². The highest BCUT2D eigenvalue weighted by Gasteiger charge is 2.08. The van der Waals surface area contributed by atoms with Gasteiger partial charge >= 0.3 is 0 Å². The van der Waals surface area contributed by atoms with E-state index in [-0.39, 0.29) is 5.91 Å². The maximum atomic E-state index is 12.5. The molecule has 0 saturated heterocycles. The molecule has 0 aliphatic heterocycles. The summed E-state index contributed by atoms with van der Waals surface area (Å²) in [4.78, 5) is 16.6. The third-order valence-corrected chi connectivity index (χ3v) is 3.64. The van der Waals surface area contributed by atoms with Crippen LogP contribution in [0.3, 0.4) is 0 Å². The second kappa shape index (κ2) is 7.42. The smallest absolute Gasteiger partial charge is 0.255 e. The summed E-state index contributed by atoms with van der Waals surface area (Å²) in [5.74, 6) is -0.128. The van der Waals surface area contributed by atoms with Crippen LogP contribution >= 0.6 is 0 Å². The van der Waals surface area contributed by atoms with Gasteiger partial charge in [-0.1, -0.05) is 18.2 Å². The largest absolute Gasteiger partial charge is 0.385 e. The van der Waals surface area contributed by atoms with E-state index in [4.69, 9.17) is 0 Å². The minimum Gasteiger partial charge on any atom is -0.385 e. The molecular weight excluding hydrogens is 298 g/mol. The summed E-state index contributed by atoms with van der Waals surface area (Å²) in [5.41, 5.74) is 4.38. The minimum absolute atomic E-state index is 0.128. The highest BCUT2D eigenvalue weighted by molar-refractivity contribution is 6.05. The van der Waals surface area contributed by atoms with E-state index in [1.165, 1.54) is 0 Å². The zero-order valence-electron chi connectivity index (χ0n) is 13.5. The Kier molecular flexibility index (Phi) is 4.87. The molecule has 0 aliphatic carbocycles. The molecular formula is C20H19N3O. The Morgan fingerprint density at radius 3 is 2.42 bits per heavy atom. The van der Waals surface area contributed by atoms with Gasteiger partial charge in [-0.2, -0.15) is 0 Å². The molecule has 4 nitrogen and oxygen atoms in total. The number of hydrogen-bond acceptors (Lipinski definition) is 3. The van der Waals surface area contributed by atoms with E-state index in [1.54, 1.807) is 12.4 Å². The van der Waals surface area contributed by atoms with Crippen LogP contribution < -0.4 is 10.6 Å². The summed E-state index contributed by atoms with van der Waals surface area (Å²) in [6.07, 6.45) is 3.52. The summed E-state index contributed by atoms with van der Waals surface area (Å²) in [6.45, 7) is 2.91. The summed E-state index contributed by atoms with van der Waals surface area (Å²) in [5, 5.41) is 6.15. The zero-order valence-corrected chi connectivity index (χ0v) is 13.5. The molecule has 1 amide bonds. The Morgan fingerprint density at radius 2 is 1.71 bits per heavy atom. The zero-order chi connectivity index (χ0) is 16.8. The lowest BCUT2D eigenvalue weighted by atomic mass is 10.0. The van der Waals surface area contributed by atoms with Crippen molar-refractivity contribution in [3.8, 4) is 11.1 Å². The number of aromatic nitrogens is 1. The van der Waals surface area contributed by atoms with E-state index in [0.717, 1.165) is 29.0 Å². The van der Waals surface area contributed by atoms with E-state index >= 15 is 0 Å². The first-order valence-electron chi connectivity index (χ1n) is 7.92. The summed E-state index contributed by atoms with van der Waals surface area (Å²) >= 11 is 0. The molecule has 120 valence electrons. The van der Waals surface area contributed by atoms with Crippen molar-refractivity contribution in [1.29, 1.82) is 0 Å². The number of carbonyl (C=O) groups is 1. The van der Waals surface area contributed by atoms with Crippen molar-refractivity contribution >= 4 is 17.3 Å². The molecule has 1 heterocycles. The van der Waals surface area contributed by atoms with Crippen LogP contribution in [0.15, 0.2) is 73.1 Å². The van der Waals surface area contributed by atoms with Crippen LogP contribution in [0, 0.1) is 0 Å². The number of carbonyl (C=O) groups excluding carboxylic acids is 1. The summed E-state index contributed by atoms with van der Waals surface area (Å²) < 4.78 is 0. The van der Waals surface area contributed by atoms with E-state index in [2.05, 4.69) is 15.6 Å². The van der Waals surface area contributed by atoms with E-state index in [9.17, 15) is 4.79 Å². The highest BCUT2D eigenvalue weighted by Crippen LogP contribution is 2.20. The van der Waals surface area contributed by atoms with Crippen LogP contribution in [-0.4, -0.2) is 17.4 Å². The molecule has 0 aliphatic rings. The van der Waals surface area contributed by atoms with Gasteiger partial charge < -0.3 is 10.6 Å². The van der Waals surface area contributed by atoms with Gasteiger partial charge in [0.15, 0.2) is 0 Å². The van der Waals surface area contributed by atoms with Crippen molar-refractivity contribution < 1.29 is 4.79 Å². The van der Waals surface area contributed by atoms with E-state index in [0.29, 0.717) is 5.56 Å². The fourth-order valence-electron chi connectivity index (χ4n) is 2.45. The van der Waals surface area contributed by atoms with Gasteiger partial charge in [-0.05, 0) is 55.0 Å². The number of benzene rings is 2. The maximum absolute atomic E-state index is 12.5. The number of pyridine rings is 1. The lowest BCUT2D eigenvalue weighted by Gasteiger charge is -2.08. The molecule has 0 bridgehead atoms. The SMILES string of the molecule is CCNc1ccc(NC(=O)c2cccc(-c3cccnc3)c2)cc1. The lowest BCUT2D eigenvalue weighted by molar-refractivity contribution is 0.102. The van der Waals surface area contributed by atoms with Crippen LogP contribution in [0.2, 0.25) is 0 Å². The van der Waals surface area contributed by atoms with Crippen molar-refractivity contribution in [1.82, 2.24) is 4.98 Å². The fourth-order valence-corrected chi connectivity index (χ4v) is 2.45. The Hall–Kier alpha value is -3.14. The molecule has 0 radical (unpaired) electrons. The molecule has 0 fully saturated rings. The van der Waals surface area contributed by atoms with Gasteiger partial charge in [0.2, 0.25) is 0 Å². The Morgan fingerprint density at radius 1 is 0.958 bits per heavy atom. The van der Waals surface area contributed by atoms with Crippen LogP contribution in [0.1, 0.15) is 17.3 Å². The predicted molar refractivity (Wildman–Crippen MR) is 98.2 cm³/mol. The average Bonchev–Trinajstić information content (AvgIpc) is 2.64. The first-order valence-corrected chi connectivity index (χ1v) is 7.92. The van der Waals surface area contributed by atoms with Crippen LogP contribution in [0.25, 0.3) is 11.1 Å². The van der Waals surface area contributed by atoms with E-state index < -0.39 is 0 Å². The van der Waals surface area contributed by atoms with Crippen molar-refractivity contribution in [2.45, 2.75) is 6.92 Å². The van der Waals surface area contributed by atoms with Gasteiger partial charge in [0.05, 0.1) is 0 Å². The van der Waals surface area contributed by atoms with E-state index in [1.807, 2.05) is 67.6 Å². The normalized spacial score (nSPS) is 10.2. The third kappa shape index (κ3) is 3.79. The van der Waals surface area contributed by atoms with Gasteiger partial charge in [0.25, 0.3) is 5.91 Å². The van der Waals surface area contributed by atoms with Crippen LogP contribution in [-0.2, 0) is 0 Å². The number of hydrogen-bond donors (Lipinski definition) is 2. The summed E-state index contributed by atoms with van der Waals surface area (Å²) in [7, 11) is 0. The molecule has 2 N–H and O–H groups in total. The first kappa shape index (κ1) is 15.7. The van der Waals surface area contributed by atoms with Crippen molar-refractivity contribution in [3.05, 3.63) is 78.6 Å². The standard InChI is InChI=1S/C20H19N3O/c1-2-22-18-8-10-19(11-9-18)23-20(24)16-6-3-5-15(13-16)17-7-4-12-21-14-17/h3-14,22H,2H2,1H3,(H,23,24). The topological polar surface area (TPSA) is 54.0 Å². The Balaban J connectivity index is 1.75. The van der Waals surface area contributed by atoms with Crippen molar-refractivity contribution in [2.24, 2.45) is 0 Å². The second-order valence-corrected chi connectivity index (χ2v) is 5.38. The third-order valence-electron chi connectivity index (χ3n) is 3.64. The number of amides is 1. The van der Waals surface area contributed by atoms with Crippen molar-refractivity contribution in [2.75, 3.05) is 17.2 Å². The number of nitrogens with one attached hydrogen (secondary N) is 2. The molecule has 0 atom stereocenters. The quantitative estimate of drug-likeness (QED) is 0.732. The maximum Gasteiger partial charge on any atom is 0.255 e. The Bertz CT molecular complexity index is 814. The molecule has 0 saturated carbocycles. The van der Waals surface area contributed by atoms with Gasteiger partial charge in [-0.25, -0.2) is 0 Å². The second-order valence-electron chi connectivity index (χ2n) is 5.38. The molecule has 0 unspecified atom stereocenters. The van der Waals surface area contributed by atoms with Gasteiger partial charge in [-0.15, -0.1) is 0 Å². The molecule has 3 aromatic rings. The van der Waals surface area contributed by atoms with Crippen molar-refractivity contribution in [3.63, 3.8) is 0 Å². The van der Waals surface area contributed by atoms with Gasteiger partial charge in [-0.3, -0.25) is 9.78 Å². The summed E-state index contributed by atoms with van der Waals surface area (Å²) in [6, 6.07) is 19.1. The highest BCUT2D eigenvalue weighted by atomic mass is 16.1. The van der Waals surface area contributed by atoms with Crippen LogP contribution in [0.5, 0.6) is 0 Å². The molecule has 4 heteroatoms. The first-order chi connectivity index (χ1) is 11.8. The number of rotatable bonds is 5. The molecule has 0 spiro atoms. The monoisotopic (exact) mass is 317 g/mol. The molecule has 2 aromatic carbocycles. The minimum atomic E-state index is -0.128. The number of anilines is 2. The van der Waals surface area contributed by atoms with Gasteiger partial charge in [0, 0.05) is 41.4 Å². The fraction of sp³-hybridized carbons (Fsp3) is 0.100. The molecule has 24 heavy (non-hydrogen) atoms. The average molecular weight is 317 g/mol. The number of nitrogens with zero attached hydrogens (tertiary/aromatic N) is 1. The molecule has 3 rings (SSSR count). The lowest BCUT2D eigenvalue weighted by Crippen LogP contribution is -2.11. The van der Waals surface area contributed by atoms with Gasteiger partial charge in [0.1, 0.15) is 0 Å². The molecule has 1 aromatic heterocycles. The van der Waals surface area contributed by atoms with Crippen LogP contribution in [0.4, 0.5) is 11.4 Å². The predicted octanol–water partition coefficient (Wildman–Crippen LogP) is 4.43.